The minimum atomic E-state index is -0.272. The molecule has 0 aliphatic rings. The van der Waals surface area contributed by atoms with E-state index in [2.05, 4.69) is 25.8 Å². The third kappa shape index (κ3) is 4.75. The van der Waals surface area contributed by atoms with Crippen molar-refractivity contribution in [3.05, 3.63) is 64.8 Å². The maximum absolute atomic E-state index is 12.8. The zero-order valence-corrected chi connectivity index (χ0v) is 18.7. The van der Waals surface area contributed by atoms with Crippen molar-refractivity contribution in [2.24, 2.45) is 0 Å². The minimum Gasteiger partial charge on any atom is -0.496 e. The van der Waals surface area contributed by atoms with Gasteiger partial charge in [0.2, 0.25) is 0 Å². The van der Waals surface area contributed by atoms with E-state index in [0.29, 0.717) is 28.8 Å². The summed E-state index contributed by atoms with van der Waals surface area (Å²) in [5.74, 6) is 1.63. The molecule has 1 amide bonds. The Bertz CT molecular complexity index is 1240. The number of carbonyl (C=O) groups is 1. The van der Waals surface area contributed by atoms with Gasteiger partial charge in [-0.3, -0.25) is 10.1 Å². The number of nitrogens with one attached hydrogen (secondary N) is 1. The summed E-state index contributed by atoms with van der Waals surface area (Å²) in [6.45, 7) is 4.82. The van der Waals surface area contributed by atoms with Crippen LogP contribution in [0.4, 0.5) is 5.13 Å². The van der Waals surface area contributed by atoms with Crippen molar-refractivity contribution in [3.63, 3.8) is 0 Å². The van der Waals surface area contributed by atoms with E-state index in [9.17, 15) is 4.79 Å². The summed E-state index contributed by atoms with van der Waals surface area (Å²) in [5.41, 5.74) is 3.19. The summed E-state index contributed by atoms with van der Waals surface area (Å²) >= 11 is 1.35. The lowest BCUT2D eigenvalue weighted by atomic mass is 10.1. The SMILES string of the molecule is CCn1nnnc1COc1cccc(C(=O)Nc2nc(-c3cc(C)ccc3OC)cs2)c1. The summed E-state index contributed by atoms with van der Waals surface area (Å²) in [4.78, 5) is 17.3. The summed E-state index contributed by atoms with van der Waals surface area (Å²) < 4.78 is 12.9. The maximum atomic E-state index is 12.8. The number of benzene rings is 2. The molecule has 0 bridgehead atoms. The molecule has 0 aliphatic heterocycles. The van der Waals surface area contributed by atoms with Crippen LogP contribution in [0.1, 0.15) is 28.7 Å². The fraction of sp³-hybridized carbons (Fsp3) is 0.227. The molecule has 0 unspecified atom stereocenters. The number of anilines is 1. The van der Waals surface area contributed by atoms with Crippen molar-refractivity contribution in [2.45, 2.75) is 27.0 Å². The zero-order valence-electron chi connectivity index (χ0n) is 17.9. The van der Waals surface area contributed by atoms with Gasteiger partial charge < -0.3 is 9.47 Å². The van der Waals surface area contributed by atoms with Crippen molar-refractivity contribution in [1.82, 2.24) is 25.2 Å². The van der Waals surface area contributed by atoms with Gasteiger partial charge >= 0.3 is 0 Å². The van der Waals surface area contributed by atoms with Gasteiger partial charge in [-0.25, -0.2) is 9.67 Å². The molecule has 0 saturated heterocycles. The van der Waals surface area contributed by atoms with Gasteiger partial charge in [0.15, 0.2) is 11.0 Å². The summed E-state index contributed by atoms with van der Waals surface area (Å²) in [7, 11) is 1.63. The highest BCUT2D eigenvalue weighted by Gasteiger charge is 2.14. The Morgan fingerprint density at radius 2 is 2.09 bits per heavy atom. The standard InChI is InChI=1S/C22H22N6O3S/c1-4-28-20(25-26-27-28)12-31-16-7-5-6-15(11-16)21(29)24-22-23-18(13-32-22)17-10-14(2)8-9-19(17)30-3/h5-11,13H,4,12H2,1-3H3,(H,23,24,29). The largest absolute Gasteiger partial charge is 0.496 e. The third-order valence-corrected chi connectivity index (χ3v) is 5.48. The number of hydrogen-bond acceptors (Lipinski definition) is 8. The summed E-state index contributed by atoms with van der Waals surface area (Å²) in [6.07, 6.45) is 0. The Labute approximate surface area is 189 Å². The Morgan fingerprint density at radius 3 is 2.91 bits per heavy atom. The van der Waals surface area contributed by atoms with Gasteiger partial charge in [-0.15, -0.1) is 16.4 Å². The number of thiazole rings is 1. The quantitative estimate of drug-likeness (QED) is 0.433. The van der Waals surface area contributed by atoms with Crippen LogP contribution in [0.2, 0.25) is 0 Å². The van der Waals surface area contributed by atoms with Gasteiger partial charge in [-0.2, -0.15) is 0 Å². The minimum absolute atomic E-state index is 0.208. The van der Waals surface area contributed by atoms with Crippen molar-refractivity contribution in [2.75, 3.05) is 12.4 Å². The van der Waals surface area contributed by atoms with Crippen molar-refractivity contribution in [1.29, 1.82) is 0 Å². The van der Waals surface area contributed by atoms with Gasteiger partial charge in [0.05, 0.1) is 12.8 Å². The number of nitrogens with zero attached hydrogens (tertiary/aromatic N) is 5. The number of tetrazole rings is 1. The first-order valence-corrected chi connectivity index (χ1v) is 10.8. The smallest absolute Gasteiger partial charge is 0.257 e. The predicted molar refractivity (Wildman–Crippen MR) is 121 cm³/mol. The van der Waals surface area contributed by atoms with E-state index < -0.39 is 0 Å². The fourth-order valence-electron chi connectivity index (χ4n) is 3.09. The van der Waals surface area contributed by atoms with E-state index in [-0.39, 0.29) is 12.5 Å². The van der Waals surface area contributed by atoms with Gasteiger partial charge in [-0.05, 0) is 54.6 Å². The van der Waals surface area contributed by atoms with Crippen LogP contribution in [0.3, 0.4) is 0 Å². The molecule has 2 aromatic heterocycles. The zero-order chi connectivity index (χ0) is 22.5. The number of carbonyl (C=O) groups excluding carboxylic acids is 1. The molecule has 9 nitrogen and oxygen atoms in total. The molecular weight excluding hydrogens is 428 g/mol. The molecule has 0 fully saturated rings. The normalized spacial score (nSPS) is 10.7. The van der Waals surface area contributed by atoms with Gasteiger partial charge in [0.25, 0.3) is 5.91 Å². The van der Waals surface area contributed by atoms with Crippen LogP contribution in [0.25, 0.3) is 11.3 Å². The van der Waals surface area contributed by atoms with E-state index in [4.69, 9.17) is 9.47 Å². The molecule has 32 heavy (non-hydrogen) atoms. The molecular formula is C22H22N6O3S. The molecule has 4 aromatic rings. The molecule has 0 atom stereocenters. The van der Waals surface area contributed by atoms with E-state index in [1.165, 1.54) is 11.3 Å². The fourth-order valence-corrected chi connectivity index (χ4v) is 3.80. The molecule has 164 valence electrons. The highest BCUT2D eigenvalue weighted by Crippen LogP contribution is 2.33. The van der Waals surface area contributed by atoms with E-state index in [1.807, 2.05) is 37.4 Å². The molecule has 10 heteroatoms. The van der Waals surface area contributed by atoms with Crippen molar-refractivity contribution >= 4 is 22.4 Å². The lowest BCUT2D eigenvalue weighted by Gasteiger charge is -2.08. The van der Waals surface area contributed by atoms with Gasteiger partial charge in [0.1, 0.15) is 18.1 Å². The topological polar surface area (TPSA) is 104 Å². The van der Waals surface area contributed by atoms with E-state index >= 15 is 0 Å². The highest BCUT2D eigenvalue weighted by molar-refractivity contribution is 7.14. The number of hydrogen-bond donors (Lipinski definition) is 1. The Hall–Kier alpha value is -3.79. The van der Waals surface area contributed by atoms with Crippen molar-refractivity contribution < 1.29 is 14.3 Å². The number of aryl methyl sites for hydroxylation is 2. The lowest BCUT2D eigenvalue weighted by molar-refractivity contribution is 0.102. The predicted octanol–water partition coefficient (Wildman–Crippen LogP) is 3.96. The second-order valence-corrected chi connectivity index (χ2v) is 7.78. The Kier molecular flexibility index (Phi) is 6.41. The number of ether oxygens (including phenoxy) is 2. The van der Waals surface area contributed by atoms with Gasteiger partial charge in [0, 0.05) is 23.1 Å². The first kappa shape index (κ1) is 21.4. The van der Waals surface area contributed by atoms with Crippen LogP contribution in [-0.4, -0.2) is 38.2 Å². The average Bonchev–Trinajstić information content (AvgIpc) is 3.47. The van der Waals surface area contributed by atoms with Crippen LogP contribution in [-0.2, 0) is 13.2 Å². The number of amides is 1. The van der Waals surface area contributed by atoms with E-state index in [1.54, 1.807) is 36.1 Å². The van der Waals surface area contributed by atoms with E-state index in [0.717, 1.165) is 22.6 Å². The number of rotatable bonds is 8. The molecule has 2 aromatic carbocycles. The third-order valence-electron chi connectivity index (χ3n) is 4.73. The molecule has 1 N–H and O–H groups in total. The highest BCUT2D eigenvalue weighted by atomic mass is 32.1. The average molecular weight is 451 g/mol. The summed E-state index contributed by atoms with van der Waals surface area (Å²) in [6, 6.07) is 12.8. The van der Waals surface area contributed by atoms with Crippen molar-refractivity contribution in [3.8, 4) is 22.8 Å². The second-order valence-electron chi connectivity index (χ2n) is 6.92. The molecule has 0 saturated carbocycles. The number of aromatic nitrogens is 5. The summed E-state index contributed by atoms with van der Waals surface area (Å²) in [5, 5.41) is 16.7. The van der Waals surface area contributed by atoms with Crippen LogP contribution < -0.4 is 14.8 Å². The maximum Gasteiger partial charge on any atom is 0.257 e. The number of methoxy groups -OCH3 is 1. The first-order valence-electron chi connectivity index (χ1n) is 9.97. The molecule has 0 radical (unpaired) electrons. The second kappa shape index (κ2) is 9.56. The molecule has 0 aliphatic carbocycles. The van der Waals surface area contributed by atoms with Crippen LogP contribution >= 0.6 is 11.3 Å². The Morgan fingerprint density at radius 1 is 1.22 bits per heavy atom. The molecule has 2 heterocycles. The van der Waals surface area contributed by atoms with Crippen LogP contribution in [0.15, 0.2) is 47.8 Å². The molecule has 4 rings (SSSR count). The van der Waals surface area contributed by atoms with Crippen LogP contribution in [0.5, 0.6) is 11.5 Å². The molecule has 0 spiro atoms. The van der Waals surface area contributed by atoms with Gasteiger partial charge in [-0.1, -0.05) is 17.7 Å². The lowest BCUT2D eigenvalue weighted by Crippen LogP contribution is -2.12. The Balaban J connectivity index is 1.45. The first-order chi connectivity index (χ1) is 15.6. The van der Waals surface area contributed by atoms with Crippen LogP contribution in [0, 0.1) is 6.92 Å². The monoisotopic (exact) mass is 450 g/mol.